The van der Waals surface area contributed by atoms with E-state index in [0.29, 0.717) is 0 Å². The molecule has 0 spiro atoms. The summed E-state index contributed by atoms with van der Waals surface area (Å²) in [6, 6.07) is -0.246. The first-order valence-electron chi connectivity index (χ1n) is 3.98. The zero-order valence-corrected chi connectivity index (χ0v) is 7.72. The smallest absolute Gasteiger partial charge is 0.397 e. The van der Waals surface area contributed by atoms with Crippen LogP contribution in [0.25, 0.3) is 0 Å². The van der Waals surface area contributed by atoms with Crippen molar-refractivity contribution >= 4 is 0 Å². The minimum Gasteiger partial charge on any atom is -0.423 e. The summed E-state index contributed by atoms with van der Waals surface area (Å²) in [7, 11) is 1.65. The lowest BCUT2D eigenvalue weighted by atomic mass is 10.3. The molecule has 0 aliphatic carbocycles. The van der Waals surface area contributed by atoms with Gasteiger partial charge >= 0.3 is 6.18 Å². The van der Waals surface area contributed by atoms with Crippen LogP contribution in [-0.4, -0.2) is 23.4 Å². The molecule has 0 aliphatic heterocycles. The van der Waals surface area contributed by atoms with Gasteiger partial charge in [0.15, 0.2) is 0 Å². The molecule has 0 aliphatic rings. The van der Waals surface area contributed by atoms with E-state index in [1.165, 1.54) is 0 Å². The largest absolute Gasteiger partial charge is 0.423 e. The Morgan fingerprint density at radius 2 is 2.07 bits per heavy atom. The number of nitrogens with one attached hydrogen (secondary N) is 1. The van der Waals surface area contributed by atoms with Crippen molar-refractivity contribution in [2.45, 2.75) is 25.6 Å². The van der Waals surface area contributed by atoms with Gasteiger partial charge in [0.2, 0.25) is 11.8 Å². The van der Waals surface area contributed by atoms with Crippen LogP contribution in [0.4, 0.5) is 13.2 Å². The maximum absolute atomic E-state index is 11.9. The monoisotopic (exact) mass is 209 g/mol. The van der Waals surface area contributed by atoms with Crippen molar-refractivity contribution in [2.24, 2.45) is 0 Å². The molecular weight excluding hydrogens is 199 g/mol. The molecule has 0 amide bonds. The molecule has 0 radical (unpaired) electrons. The number of alkyl halides is 3. The minimum atomic E-state index is -4.31. The van der Waals surface area contributed by atoms with E-state index in [0.717, 1.165) is 0 Å². The minimum absolute atomic E-state index is 0.159. The normalized spacial score (nSPS) is 14.4. The molecule has 1 rings (SSSR count). The van der Waals surface area contributed by atoms with Crippen LogP contribution < -0.4 is 5.32 Å². The molecule has 80 valence electrons. The van der Waals surface area contributed by atoms with E-state index in [1.54, 1.807) is 14.0 Å². The van der Waals surface area contributed by atoms with Crippen molar-refractivity contribution < 1.29 is 17.6 Å². The number of aromatic nitrogens is 2. The highest BCUT2D eigenvalue weighted by molar-refractivity contribution is 4.88. The molecule has 0 saturated heterocycles. The Labute approximate surface area is 78.5 Å². The van der Waals surface area contributed by atoms with Crippen LogP contribution in [0, 0.1) is 0 Å². The van der Waals surface area contributed by atoms with Crippen LogP contribution >= 0.6 is 0 Å². The average Bonchev–Trinajstić information content (AvgIpc) is 2.48. The van der Waals surface area contributed by atoms with Gasteiger partial charge < -0.3 is 9.73 Å². The molecule has 1 aromatic heterocycles. The molecule has 7 heteroatoms. The molecule has 1 heterocycles. The second-order valence-corrected chi connectivity index (χ2v) is 2.84. The zero-order valence-electron chi connectivity index (χ0n) is 7.72. The summed E-state index contributed by atoms with van der Waals surface area (Å²) in [6.07, 6.45) is -5.50. The first kappa shape index (κ1) is 11.0. The summed E-state index contributed by atoms with van der Waals surface area (Å²) in [6.45, 7) is 1.71. The van der Waals surface area contributed by atoms with Crippen LogP contribution in [0.1, 0.15) is 24.7 Å². The summed E-state index contributed by atoms with van der Waals surface area (Å²) in [5.41, 5.74) is 0. The number of nitrogens with zero attached hydrogens (tertiary/aromatic N) is 2. The van der Waals surface area contributed by atoms with Crippen molar-refractivity contribution in [3.8, 4) is 0 Å². The Balaban J connectivity index is 2.69. The van der Waals surface area contributed by atoms with Crippen molar-refractivity contribution in [2.75, 3.05) is 7.05 Å². The van der Waals surface area contributed by atoms with Gasteiger partial charge in [0.25, 0.3) is 0 Å². The second kappa shape index (κ2) is 3.95. The Hall–Kier alpha value is -1.11. The molecule has 1 aromatic rings. The van der Waals surface area contributed by atoms with Gasteiger partial charge in [-0.1, -0.05) is 0 Å². The summed E-state index contributed by atoms with van der Waals surface area (Å²) >= 11 is 0. The number of hydrogen-bond acceptors (Lipinski definition) is 4. The van der Waals surface area contributed by atoms with Gasteiger partial charge in [-0.25, -0.2) is 0 Å². The molecule has 0 saturated carbocycles. The zero-order chi connectivity index (χ0) is 10.8. The fourth-order valence-corrected chi connectivity index (χ4v) is 0.808. The molecular formula is C7H10F3N3O. The number of rotatable bonds is 3. The van der Waals surface area contributed by atoms with Crippen LogP contribution in [-0.2, 0) is 6.42 Å². The lowest BCUT2D eigenvalue weighted by Crippen LogP contribution is -2.12. The van der Waals surface area contributed by atoms with Crippen molar-refractivity contribution in [3.63, 3.8) is 0 Å². The topological polar surface area (TPSA) is 51.0 Å². The molecule has 1 unspecified atom stereocenters. The standard InChI is InChI=1S/C7H10F3N3O/c1-4(11-2)6-13-12-5(14-6)3-7(8,9)10/h4,11H,3H2,1-2H3. The average molecular weight is 209 g/mol. The van der Waals surface area contributed by atoms with Crippen molar-refractivity contribution in [1.29, 1.82) is 0 Å². The van der Waals surface area contributed by atoms with E-state index in [4.69, 9.17) is 4.42 Å². The van der Waals surface area contributed by atoms with Crippen LogP contribution in [0.5, 0.6) is 0 Å². The van der Waals surface area contributed by atoms with Gasteiger partial charge in [0, 0.05) is 0 Å². The quantitative estimate of drug-likeness (QED) is 0.818. The Morgan fingerprint density at radius 3 is 2.57 bits per heavy atom. The van der Waals surface area contributed by atoms with Crippen LogP contribution in [0.15, 0.2) is 4.42 Å². The van der Waals surface area contributed by atoms with Gasteiger partial charge in [-0.15, -0.1) is 10.2 Å². The highest BCUT2D eigenvalue weighted by Gasteiger charge is 2.31. The first-order valence-corrected chi connectivity index (χ1v) is 3.98. The molecule has 0 aromatic carbocycles. The third-order valence-electron chi connectivity index (χ3n) is 1.64. The van der Waals surface area contributed by atoms with E-state index in [1.807, 2.05) is 0 Å². The van der Waals surface area contributed by atoms with Gasteiger partial charge in [-0.3, -0.25) is 0 Å². The van der Waals surface area contributed by atoms with E-state index in [2.05, 4.69) is 15.5 Å². The van der Waals surface area contributed by atoms with E-state index >= 15 is 0 Å². The Bertz CT molecular complexity index is 297. The molecule has 4 nitrogen and oxygen atoms in total. The van der Waals surface area contributed by atoms with Gasteiger partial charge in [-0.2, -0.15) is 13.2 Å². The fraction of sp³-hybridized carbons (Fsp3) is 0.714. The predicted octanol–water partition coefficient (Wildman–Crippen LogP) is 1.45. The summed E-state index contributed by atoms with van der Waals surface area (Å²) < 4.78 is 40.5. The van der Waals surface area contributed by atoms with Gasteiger partial charge in [-0.05, 0) is 14.0 Å². The summed E-state index contributed by atoms with van der Waals surface area (Å²) in [5, 5.41) is 9.57. The number of halogens is 3. The van der Waals surface area contributed by atoms with Gasteiger partial charge in [0.1, 0.15) is 6.42 Å². The van der Waals surface area contributed by atoms with E-state index in [9.17, 15) is 13.2 Å². The summed E-state index contributed by atoms with van der Waals surface area (Å²) in [4.78, 5) is 0. The number of hydrogen-bond donors (Lipinski definition) is 1. The van der Waals surface area contributed by atoms with E-state index in [-0.39, 0.29) is 11.9 Å². The lowest BCUT2D eigenvalue weighted by molar-refractivity contribution is -0.131. The van der Waals surface area contributed by atoms with Crippen molar-refractivity contribution in [3.05, 3.63) is 11.8 Å². The maximum Gasteiger partial charge on any atom is 0.397 e. The second-order valence-electron chi connectivity index (χ2n) is 2.84. The molecule has 1 N–H and O–H groups in total. The predicted molar refractivity (Wildman–Crippen MR) is 41.5 cm³/mol. The third-order valence-corrected chi connectivity index (χ3v) is 1.64. The SMILES string of the molecule is CNC(C)c1nnc(CC(F)(F)F)o1. The lowest BCUT2D eigenvalue weighted by Gasteiger charge is -2.03. The fourth-order valence-electron chi connectivity index (χ4n) is 0.808. The van der Waals surface area contributed by atoms with Crippen LogP contribution in [0.3, 0.4) is 0 Å². The maximum atomic E-state index is 11.9. The third kappa shape index (κ3) is 2.99. The first-order chi connectivity index (χ1) is 6.42. The van der Waals surface area contributed by atoms with E-state index < -0.39 is 18.5 Å². The highest BCUT2D eigenvalue weighted by Crippen LogP contribution is 2.21. The highest BCUT2D eigenvalue weighted by atomic mass is 19.4. The Kier molecular flexibility index (Phi) is 3.10. The van der Waals surface area contributed by atoms with Crippen LogP contribution in [0.2, 0.25) is 0 Å². The summed E-state index contributed by atoms with van der Waals surface area (Å²) in [5.74, 6) is -0.249. The van der Waals surface area contributed by atoms with Crippen molar-refractivity contribution in [1.82, 2.24) is 15.5 Å². The molecule has 0 bridgehead atoms. The van der Waals surface area contributed by atoms with Gasteiger partial charge in [0.05, 0.1) is 6.04 Å². The molecule has 1 atom stereocenters. The molecule has 0 fully saturated rings. The Morgan fingerprint density at radius 1 is 1.43 bits per heavy atom. The molecule has 14 heavy (non-hydrogen) atoms.